The fourth-order valence-corrected chi connectivity index (χ4v) is 4.04. The summed E-state index contributed by atoms with van der Waals surface area (Å²) in [6.07, 6.45) is 0. The van der Waals surface area contributed by atoms with Crippen molar-refractivity contribution in [3.63, 3.8) is 0 Å². The van der Waals surface area contributed by atoms with Crippen LogP contribution in [0.5, 0.6) is 0 Å². The number of hydrogen-bond donors (Lipinski definition) is 2. The third-order valence-electron chi connectivity index (χ3n) is 3.81. The lowest BCUT2D eigenvalue weighted by Crippen LogP contribution is -2.20. The Hall–Kier alpha value is -2.80. The van der Waals surface area contributed by atoms with Crippen molar-refractivity contribution < 1.29 is 12.8 Å². The molecule has 3 aromatic rings. The van der Waals surface area contributed by atoms with E-state index in [0.717, 1.165) is 11.1 Å². The minimum absolute atomic E-state index is 0.0969. The second-order valence-electron chi connectivity index (χ2n) is 5.81. The van der Waals surface area contributed by atoms with E-state index in [2.05, 4.69) is 10.0 Å². The third-order valence-corrected chi connectivity index (χ3v) is 5.13. The summed E-state index contributed by atoms with van der Waals surface area (Å²) in [4.78, 5) is 12.4. The Kier molecular flexibility index (Phi) is 4.26. The number of sulfonamides is 1. The van der Waals surface area contributed by atoms with Gasteiger partial charge in [-0.2, -0.15) is 0 Å². The molecule has 0 spiro atoms. The molecule has 1 aromatic heterocycles. The number of rotatable bonds is 4. The van der Waals surface area contributed by atoms with Crippen molar-refractivity contribution in [2.75, 3.05) is 17.1 Å². The van der Waals surface area contributed by atoms with Crippen LogP contribution in [0.25, 0.3) is 11.0 Å². The first-order chi connectivity index (χ1) is 11.8. The van der Waals surface area contributed by atoms with Gasteiger partial charge in [-0.25, -0.2) is 13.2 Å². The molecular weight excluding hydrogens is 340 g/mol. The zero-order valence-corrected chi connectivity index (χ0v) is 14.9. The zero-order valence-electron chi connectivity index (χ0n) is 14.1. The Morgan fingerprint density at radius 2 is 1.60 bits per heavy atom. The summed E-state index contributed by atoms with van der Waals surface area (Å²) < 4.78 is 33.1. The number of hydrogen-bond acceptors (Lipinski definition) is 5. The van der Waals surface area contributed by atoms with Crippen molar-refractivity contribution in [2.24, 2.45) is 0 Å². The average molecular weight is 358 g/mol. The SMILES string of the molecule is CNc1c(NS(=O)(=O)c2cc(C)cc(C)c2)c(=O)oc2ccccc12. The molecule has 0 radical (unpaired) electrons. The number of benzene rings is 2. The fourth-order valence-electron chi connectivity index (χ4n) is 2.78. The summed E-state index contributed by atoms with van der Waals surface area (Å²) >= 11 is 0. The Balaban J connectivity index is 2.17. The minimum Gasteiger partial charge on any atom is -0.421 e. The van der Waals surface area contributed by atoms with Crippen LogP contribution >= 0.6 is 0 Å². The topological polar surface area (TPSA) is 88.4 Å². The molecule has 0 aliphatic heterocycles. The fraction of sp³-hybridized carbons (Fsp3) is 0.167. The second kappa shape index (κ2) is 6.25. The van der Waals surface area contributed by atoms with E-state index in [4.69, 9.17) is 4.42 Å². The van der Waals surface area contributed by atoms with Crippen LogP contribution in [0.15, 0.2) is 56.6 Å². The molecule has 7 heteroatoms. The smallest absolute Gasteiger partial charge is 0.363 e. The van der Waals surface area contributed by atoms with E-state index < -0.39 is 15.6 Å². The van der Waals surface area contributed by atoms with Crippen molar-refractivity contribution in [2.45, 2.75) is 18.7 Å². The van der Waals surface area contributed by atoms with Gasteiger partial charge in [-0.15, -0.1) is 0 Å². The van der Waals surface area contributed by atoms with Gasteiger partial charge in [0.05, 0.1) is 10.6 Å². The first-order valence-electron chi connectivity index (χ1n) is 7.66. The van der Waals surface area contributed by atoms with E-state index in [-0.39, 0.29) is 10.6 Å². The highest BCUT2D eigenvalue weighted by Gasteiger charge is 2.21. The molecule has 0 amide bonds. The highest BCUT2D eigenvalue weighted by atomic mass is 32.2. The summed E-state index contributed by atoms with van der Waals surface area (Å²) in [7, 11) is -2.31. The van der Waals surface area contributed by atoms with E-state index in [1.807, 2.05) is 19.9 Å². The van der Waals surface area contributed by atoms with E-state index in [1.54, 1.807) is 43.4 Å². The maximum atomic E-state index is 12.7. The highest BCUT2D eigenvalue weighted by molar-refractivity contribution is 7.92. The van der Waals surface area contributed by atoms with Crippen LogP contribution < -0.4 is 15.7 Å². The molecule has 0 unspecified atom stereocenters. The van der Waals surface area contributed by atoms with E-state index >= 15 is 0 Å². The number of para-hydroxylation sites is 1. The Bertz CT molecular complexity index is 1100. The van der Waals surface area contributed by atoms with Crippen molar-refractivity contribution in [1.29, 1.82) is 0 Å². The van der Waals surface area contributed by atoms with Gasteiger partial charge in [-0.1, -0.05) is 18.2 Å². The average Bonchev–Trinajstić information content (AvgIpc) is 2.54. The van der Waals surface area contributed by atoms with Gasteiger partial charge in [0.1, 0.15) is 5.58 Å². The Morgan fingerprint density at radius 1 is 0.960 bits per heavy atom. The molecule has 2 N–H and O–H groups in total. The molecule has 130 valence electrons. The zero-order chi connectivity index (χ0) is 18.2. The molecule has 3 rings (SSSR count). The van der Waals surface area contributed by atoms with Gasteiger partial charge in [0.2, 0.25) is 0 Å². The molecule has 2 aromatic carbocycles. The predicted octanol–water partition coefficient (Wildman–Crippen LogP) is 3.25. The van der Waals surface area contributed by atoms with Crippen LogP contribution in [0.2, 0.25) is 0 Å². The number of anilines is 2. The van der Waals surface area contributed by atoms with Crippen molar-refractivity contribution in [3.8, 4) is 0 Å². The van der Waals surface area contributed by atoms with Gasteiger partial charge < -0.3 is 9.73 Å². The number of nitrogens with one attached hydrogen (secondary N) is 2. The maximum absolute atomic E-state index is 12.7. The summed E-state index contributed by atoms with van der Waals surface area (Å²) in [5, 5.41) is 3.50. The standard InChI is InChI=1S/C18H18N2O4S/c1-11-8-12(2)10-13(9-11)25(22,23)20-17-16(19-3)14-6-4-5-7-15(14)24-18(17)21/h4-10,19-20H,1-3H3. The van der Waals surface area contributed by atoms with Gasteiger partial charge in [-0.05, 0) is 49.2 Å². The summed E-state index contributed by atoms with van der Waals surface area (Å²) in [5.74, 6) is 0. The molecule has 0 bridgehead atoms. The summed E-state index contributed by atoms with van der Waals surface area (Å²) in [6, 6.07) is 11.9. The van der Waals surface area contributed by atoms with Gasteiger partial charge in [-0.3, -0.25) is 4.72 Å². The Labute approximate surface area is 145 Å². The maximum Gasteiger partial charge on any atom is 0.363 e. The lowest BCUT2D eigenvalue weighted by Gasteiger charge is -2.13. The monoisotopic (exact) mass is 358 g/mol. The van der Waals surface area contributed by atoms with Crippen LogP contribution in [0.1, 0.15) is 11.1 Å². The Morgan fingerprint density at radius 3 is 2.24 bits per heavy atom. The van der Waals surface area contributed by atoms with Crippen LogP contribution in [0.4, 0.5) is 11.4 Å². The lowest BCUT2D eigenvalue weighted by atomic mass is 10.2. The van der Waals surface area contributed by atoms with Crippen LogP contribution in [0, 0.1) is 13.8 Å². The molecule has 25 heavy (non-hydrogen) atoms. The third kappa shape index (κ3) is 3.23. The highest BCUT2D eigenvalue weighted by Crippen LogP contribution is 2.29. The largest absolute Gasteiger partial charge is 0.421 e. The van der Waals surface area contributed by atoms with E-state index in [1.165, 1.54) is 0 Å². The van der Waals surface area contributed by atoms with Gasteiger partial charge >= 0.3 is 5.63 Å². The number of aryl methyl sites for hydroxylation is 2. The van der Waals surface area contributed by atoms with Crippen LogP contribution in [0.3, 0.4) is 0 Å². The molecule has 1 heterocycles. The molecule has 6 nitrogen and oxygen atoms in total. The molecule has 0 aliphatic carbocycles. The first-order valence-corrected chi connectivity index (χ1v) is 9.15. The molecule has 0 aliphatic rings. The van der Waals surface area contributed by atoms with Gasteiger partial charge in [0, 0.05) is 12.4 Å². The van der Waals surface area contributed by atoms with Crippen molar-refractivity contribution in [3.05, 3.63) is 64.0 Å². The summed E-state index contributed by atoms with van der Waals surface area (Å²) in [5.41, 5.74) is 1.50. The minimum atomic E-state index is -3.93. The predicted molar refractivity (Wildman–Crippen MR) is 98.8 cm³/mol. The van der Waals surface area contributed by atoms with Crippen molar-refractivity contribution >= 4 is 32.4 Å². The van der Waals surface area contributed by atoms with Crippen molar-refractivity contribution in [1.82, 2.24) is 0 Å². The molecule has 0 fully saturated rings. The van der Waals surface area contributed by atoms with Crippen LogP contribution in [-0.2, 0) is 10.0 Å². The van der Waals surface area contributed by atoms with Crippen LogP contribution in [-0.4, -0.2) is 15.5 Å². The van der Waals surface area contributed by atoms with Gasteiger partial charge in [0.25, 0.3) is 10.0 Å². The molecule has 0 atom stereocenters. The molecule has 0 saturated heterocycles. The molecular formula is C18H18N2O4S. The second-order valence-corrected chi connectivity index (χ2v) is 7.50. The lowest BCUT2D eigenvalue weighted by molar-refractivity contribution is 0.563. The van der Waals surface area contributed by atoms with Gasteiger partial charge in [0.15, 0.2) is 5.69 Å². The first kappa shape index (κ1) is 17.0. The van der Waals surface area contributed by atoms with E-state index in [9.17, 15) is 13.2 Å². The number of fused-ring (bicyclic) bond motifs is 1. The summed E-state index contributed by atoms with van der Waals surface area (Å²) in [6.45, 7) is 3.63. The quantitative estimate of drug-likeness (QED) is 0.699. The van der Waals surface area contributed by atoms with E-state index in [0.29, 0.717) is 16.7 Å². The molecule has 0 saturated carbocycles. The normalized spacial score (nSPS) is 11.5.